The monoisotopic (exact) mass is 514 g/mol. The van der Waals surface area contributed by atoms with Gasteiger partial charge in [-0.1, -0.05) is 0 Å². The Hall–Kier alpha value is -0.951. The molecule has 2 unspecified atom stereocenters. The standard InChI is InChI=1S/C25H38O6Se/c1-29-25(28)23(32-18-10-4-2-5-11-18)13-7-3-6-12-19-20(17-26)22(16-21(19)27)31-24-14-8-9-15-30-24/h2,4-5,10-11,19-24,26-27H,3,6-9,12-17H2,1H3/t19-,20-,21+,22-,23?,24?/m1/s1. The van der Waals surface area contributed by atoms with Crippen LogP contribution in [-0.2, 0) is 19.0 Å². The molecule has 1 saturated carbocycles. The summed E-state index contributed by atoms with van der Waals surface area (Å²) in [6, 6.07) is 10.1. The Balaban J connectivity index is 1.41. The van der Waals surface area contributed by atoms with E-state index in [1.54, 1.807) is 0 Å². The molecule has 6 nitrogen and oxygen atoms in total. The average molecular weight is 514 g/mol. The molecule has 2 N–H and O–H groups in total. The van der Waals surface area contributed by atoms with Crippen LogP contribution in [0.15, 0.2) is 30.3 Å². The van der Waals surface area contributed by atoms with Crippen molar-refractivity contribution in [2.45, 2.75) is 81.1 Å². The number of hydrogen-bond donors (Lipinski definition) is 2. The van der Waals surface area contributed by atoms with Crippen molar-refractivity contribution < 1.29 is 29.2 Å². The Morgan fingerprint density at radius 2 is 2.00 bits per heavy atom. The van der Waals surface area contributed by atoms with Gasteiger partial charge in [-0.15, -0.1) is 0 Å². The van der Waals surface area contributed by atoms with Gasteiger partial charge in [-0.3, -0.25) is 0 Å². The van der Waals surface area contributed by atoms with Gasteiger partial charge in [-0.2, -0.15) is 0 Å². The van der Waals surface area contributed by atoms with Crippen molar-refractivity contribution in [3.63, 3.8) is 0 Å². The molecule has 1 aromatic carbocycles. The number of ether oxygens (including phenoxy) is 3. The summed E-state index contributed by atoms with van der Waals surface area (Å²) in [5, 5.41) is 20.6. The van der Waals surface area contributed by atoms with Crippen LogP contribution >= 0.6 is 0 Å². The molecule has 3 rings (SSSR count). The molecule has 1 aliphatic heterocycles. The predicted molar refractivity (Wildman–Crippen MR) is 124 cm³/mol. The van der Waals surface area contributed by atoms with Gasteiger partial charge in [-0.05, 0) is 12.8 Å². The third kappa shape index (κ3) is 7.54. The number of carbonyl (C=O) groups excluding carboxylic acids is 1. The zero-order chi connectivity index (χ0) is 22.8. The molecule has 1 aliphatic carbocycles. The van der Waals surface area contributed by atoms with Crippen LogP contribution in [0.25, 0.3) is 0 Å². The fourth-order valence-electron chi connectivity index (χ4n) is 4.88. The van der Waals surface area contributed by atoms with Crippen molar-refractivity contribution in [3.05, 3.63) is 30.3 Å². The van der Waals surface area contributed by atoms with Gasteiger partial charge in [0.15, 0.2) is 0 Å². The van der Waals surface area contributed by atoms with Gasteiger partial charge < -0.3 is 0 Å². The van der Waals surface area contributed by atoms with Gasteiger partial charge in [0, 0.05) is 6.61 Å². The van der Waals surface area contributed by atoms with E-state index < -0.39 is 6.10 Å². The van der Waals surface area contributed by atoms with Crippen LogP contribution in [0.3, 0.4) is 0 Å². The first kappa shape index (κ1) is 25.7. The zero-order valence-corrected chi connectivity index (χ0v) is 20.8. The molecule has 2 fully saturated rings. The van der Waals surface area contributed by atoms with Gasteiger partial charge in [-0.25, -0.2) is 0 Å². The van der Waals surface area contributed by atoms with Crippen molar-refractivity contribution in [3.8, 4) is 0 Å². The summed E-state index contributed by atoms with van der Waals surface area (Å²) >= 11 is 0.0593. The van der Waals surface area contributed by atoms with Crippen LogP contribution in [0.5, 0.6) is 0 Å². The number of aliphatic hydroxyl groups is 2. The number of hydrogen-bond acceptors (Lipinski definition) is 6. The number of methoxy groups -OCH3 is 1. The van der Waals surface area contributed by atoms with E-state index >= 15 is 0 Å². The summed E-state index contributed by atoms with van der Waals surface area (Å²) in [6.45, 7) is 0.758. The predicted octanol–water partition coefficient (Wildman–Crippen LogP) is 2.83. The molecule has 1 heterocycles. The quantitative estimate of drug-likeness (QED) is 0.254. The first-order valence-corrected chi connectivity index (χ1v) is 13.8. The van der Waals surface area contributed by atoms with E-state index in [9.17, 15) is 15.0 Å². The molecule has 0 amide bonds. The fraction of sp³-hybridized carbons (Fsp3) is 0.720. The molecule has 1 aromatic rings. The van der Waals surface area contributed by atoms with E-state index in [0.717, 1.165) is 58.0 Å². The molecule has 180 valence electrons. The van der Waals surface area contributed by atoms with Crippen molar-refractivity contribution in [1.82, 2.24) is 0 Å². The van der Waals surface area contributed by atoms with Crippen LogP contribution in [0, 0.1) is 11.8 Å². The number of aliphatic hydroxyl groups excluding tert-OH is 2. The first-order valence-electron chi connectivity index (χ1n) is 12.0. The normalized spacial score (nSPS) is 29.0. The minimum atomic E-state index is -0.440. The van der Waals surface area contributed by atoms with Crippen molar-refractivity contribution >= 4 is 25.4 Å². The van der Waals surface area contributed by atoms with Gasteiger partial charge in [0.25, 0.3) is 0 Å². The van der Waals surface area contributed by atoms with Gasteiger partial charge in [0.2, 0.25) is 0 Å². The van der Waals surface area contributed by atoms with Crippen LogP contribution in [0.4, 0.5) is 0 Å². The third-order valence-electron chi connectivity index (χ3n) is 6.66. The van der Waals surface area contributed by atoms with E-state index in [0.29, 0.717) is 6.42 Å². The number of benzene rings is 1. The number of esters is 1. The van der Waals surface area contributed by atoms with E-state index in [1.807, 2.05) is 18.2 Å². The van der Waals surface area contributed by atoms with Crippen molar-refractivity contribution in [2.75, 3.05) is 20.3 Å². The summed E-state index contributed by atoms with van der Waals surface area (Å²) in [4.78, 5) is 12.2. The molecule has 6 atom stereocenters. The number of carbonyl (C=O) groups is 1. The SMILES string of the molecule is COC(=O)C(CCCCC[C@@H]1[C@@H](CO)[C@H](OC2CCCCO2)C[C@@H]1O)[Se]c1ccccc1. The van der Waals surface area contributed by atoms with Gasteiger partial charge in [0.1, 0.15) is 0 Å². The molecule has 0 bridgehead atoms. The van der Waals surface area contributed by atoms with E-state index in [4.69, 9.17) is 14.2 Å². The molecular weight excluding hydrogens is 475 g/mol. The summed E-state index contributed by atoms with van der Waals surface area (Å²) in [5.41, 5.74) is 0. The molecule has 0 radical (unpaired) electrons. The molecule has 7 heteroatoms. The molecule has 0 aromatic heterocycles. The zero-order valence-electron chi connectivity index (χ0n) is 19.1. The summed E-state index contributed by atoms with van der Waals surface area (Å²) < 4.78 is 18.0. The molecule has 32 heavy (non-hydrogen) atoms. The summed E-state index contributed by atoms with van der Waals surface area (Å²) in [7, 11) is 1.46. The molecule has 2 aliphatic rings. The summed E-state index contributed by atoms with van der Waals surface area (Å²) in [6.07, 6.45) is 7.47. The Morgan fingerprint density at radius 1 is 1.19 bits per heavy atom. The van der Waals surface area contributed by atoms with Crippen LogP contribution in [0.1, 0.15) is 57.8 Å². The topological polar surface area (TPSA) is 85.2 Å². The Labute approximate surface area is 198 Å². The first-order chi connectivity index (χ1) is 15.6. The van der Waals surface area contributed by atoms with Gasteiger partial charge in [0.05, 0.1) is 0 Å². The van der Waals surface area contributed by atoms with Crippen molar-refractivity contribution in [2.24, 2.45) is 11.8 Å². The Morgan fingerprint density at radius 3 is 2.69 bits per heavy atom. The van der Waals surface area contributed by atoms with Crippen molar-refractivity contribution in [1.29, 1.82) is 0 Å². The average Bonchev–Trinajstić information content (AvgIpc) is 3.12. The number of rotatable bonds is 12. The maximum absolute atomic E-state index is 12.2. The van der Waals surface area contributed by atoms with Gasteiger partial charge >= 0.3 is 179 Å². The Bertz CT molecular complexity index is 666. The van der Waals surface area contributed by atoms with E-state index in [1.165, 1.54) is 11.6 Å². The van der Waals surface area contributed by atoms with Crippen LogP contribution in [-0.4, -0.2) is 70.0 Å². The number of unbranched alkanes of at least 4 members (excludes halogenated alkanes) is 2. The third-order valence-corrected chi connectivity index (χ3v) is 9.30. The maximum atomic E-state index is 12.2. The Kier molecular flexibility index (Phi) is 11.0. The van der Waals surface area contributed by atoms with Crippen LogP contribution < -0.4 is 4.46 Å². The molecule has 1 saturated heterocycles. The molecular formula is C25H38O6Se. The molecule has 0 spiro atoms. The second kappa shape index (κ2) is 13.7. The van der Waals surface area contributed by atoms with E-state index in [2.05, 4.69) is 12.1 Å². The summed E-state index contributed by atoms with van der Waals surface area (Å²) in [5.74, 6) is -0.108. The second-order valence-electron chi connectivity index (χ2n) is 8.86. The van der Waals surface area contributed by atoms with Crippen LogP contribution in [0.2, 0.25) is 4.82 Å². The minimum absolute atomic E-state index is 0.0309. The van der Waals surface area contributed by atoms with E-state index in [-0.39, 0.29) is 56.6 Å². The fourth-order valence-corrected chi connectivity index (χ4v) is 7.23. The second-order valence-corrected chi connectivity index (χ2v) is 11.5.